The summed E-state index contributed by atoms with van der Waals surface area (Å²) < 4.78 is 0.822. The monoisotopic (exact) mass is 781 g/mol. The highest BCUT2D eigenvalue weighted by atomic mass is 127. The predicted octanol–water partition coefficient (Wildman–Crippen LogP) is -0.0748. The molecule has 1 aromatic rings. The smallest absolute Gasteiger partial charge is 0.256 e. The second-order valence-electron chi connectivity index (χ2n) is 6.00. The average Bonchev–Trinajstić information content (AvgIpc) is 2.69. The van der Waals surface area contributed by atoms with Crippen LogP contribution < -0.4 is 11.1 Å². The lowest BCUT2D eigenvalue weighted by molar-refractivity contribution is -0.113. The van der Waals surface area contributed by atoms with Crippen LogP contribution in [0.4, 0.5) is 5.69 Å². The number of nitrogens with one attached hydrogen (secondary N) is 1. The van der Waals surface area contributed by atoms with E-state index in [-0.39, 0.29) is 42.9 Å². The van der Waals surface area contributed by atoms with E-state index in [1.807, 2.05) is 45.2 Å². The predicted molar refractivity (Wildman–Crippen MR) is 135 cm³/mol. The van der Waals surface area contributed by atoms with Crippen LogP contribution in [0, 0.1) is 10.7 Å². The van der Waals surface area contributed by atoms with Crippen molar-refractivity contribution in [2.75, 3.05) is 37.5 Å². The molecule has 0 spiro atoms. The summed E-state index contributed by atoms with van der Waals surface area (Å²) in [5.41, 5.74) is 5.67. The number of alkyl halides is 1. The lowest BCUT2D eigenvalue weighted by Gasteiger charge is -2.28. The highest BCUT2D eigenvalue weighted by molar-refractivity contribution is 14.1. The number of benzene rings is 1. The second-order valence-corrected chi connectivity index (χ2v) is 9.50. The molecule has 0 saturated heterocycles. The number of amides is 3. The third-order valence-electron chi connectivity index (χ3n) is 3.73. The number of hydrogen-bond acceptors (Lipinski definition) is 7. The van der Waals surface area contributed by atoms with Crippen molar-refractivity contribution < 1.29 is 34.8 Å². The lowest BCUT2D eigenvalue weighted by Crippen LogP contribution is -2.44. The molecule has 1 aromatic carbocycles. The summed E-state index contributed by atoms with van der Waals surface area (Å²) in [5, 5.41) is 40.4. The second kappa shape index (κ2) is 12.9. The van der Waals surface area contributed by atoms with Gasteiger partial charge in [0.2, 0.25) is 5.91 Å². The van der Waals surface area contributed by atoms with Gasteiger partial charge in [-0.25, -0.2) is 0 Å². The molecule has 7 N–H and O–H groups in total. The zero-order chi connectivity index (χ0) is 23.2. The summed E-state index contributed by atoms with van der Waals surface area (Å²) in [6, 6.07) is 0. The number of carbonyl (C=O) groups excluding carboxylic acids is 3. The molecule has 0 aromatic heterocycles. The van der Waals surface area contributed by atoms with E-state index in [9.17, 15) is 24.6 Å². The standard InChI is InChI=1S/C16H19ClI3N3O7/c17-1-8(28)22-14-12(19)9(15(21)29)11(18)10(13(14)20)16(30)23(2-6(26)4-24)3-7(27)5-25/h6-7,24-27H,1-5H2,(H2,21,29)(H,22,28). The summed E-state index contributed by atoms with van der Waals surface area (Å²) in [6.07, 6.45) is -2.60. The van der Waals surface area contributed by atoms with Crippen LogP contribution in [0.3, 0.4) is 0 Å². The van der Waals surface area contributed by atoms with E-state index in [1.54, 1.807) is 22.6 Å². The Morgan fingerprint density at radius 2 is 1.43 bits per heavy atom. The van der Waals surface area contributed by atoms with Crippen molar-refractivity contribution in [1.29, 1.82) is 0 Å². The molecular weight excluding hydrogens is 762 g/mol. The number of aliphatic hydroxyl groups is 4. The van der Waals surface area contributed by atoms with Crippen LogP contribution >= 0.6 is 79.4 Å². The van der Waals surface area contributed by atoms with Crippen molar-refractivity contribution in [2.24, 2.45) is 5.73 Å². The zero-order valence-electron chi connectivity index (χ0n) is 15.2. The molecule has 0 heterocycles. The number of anilines is 1. The molecule has 0 fully saturated rings. The van der Waals surface area contributed by atoms with Crippen molar-refractivity contribution in [3.8, 4) is 0 Å². The fourth-order valence-corrected chi connectivity index (χ4v) is 6.87. The van der Waals surface area contributed by atoms with E-state index < -0.39 is 43.1 Å². The minimum Gasteiger partial charge on any atom is -0.394 e. The largest absolute Gasteiger partial charge is 0.394 e. The van der Waals surface area contributed by atoms with Crippen LogP contribution in [0.15, 0.2) is 0 Å². The highest BCUT2D eigenvalue weighted by Crippen LogP contribution is 2.36. The normalized spacial score (nSPS) is 12.9. The van der Waals surface area contributed by atoms with Gasteiger partial charge in [0.15, 0.2) is 0 Å². The summed E-state index contributed by atoms with van der Waals surface area (Å²) >= 11 is 11.0. The number of nitrogens with zero attached hydrogens (tertiary/aromatic N) is 1. The van der Waals surface area contributed by atoms with Gasteiger partial charge in [0.1, 0.15) is 5.88 Å². The van der Waals surface area contributed by atoms with Gasteiger partial charge >= 0.3 is 0 Å². The van der Waals surface area contributed by atoms with Crippen molar-refractivity contribution in [3.05, 3.63) is 21.8 Å². The molecule has 0 bridgehead atoms. The first-order valence-electron chi connectivity index (χ1n) is 8.23. The fourth-order valence-electron chi connectivity index (χ4n) is 2.37. The maximum atomic E-state index is 13.3. The number of rotatable bonds is 10. The number of halogens is 4. The van der Waals surface area contributed by atoms with Crippen LogP contribution in [0.2, 0.25) is 0 Å². The summed E-state index contributed by atoms with van der Waals surface area (Å²) in [5.74, 6) is -2.45. The van der Waals surface area contributed by atoms with Gasteiger partial charge in [0.05, 0.1) is 49.4 Å². The van der Waals surface area contributed by atoms with Crippen LogP contribution in [-0.2, 0) is 4.79 Å². The minimum absolute atomic E-state index is 0.00516. The van der Waals surface area contributed by atoms with E-state index in [4.69, 9.17) is 27.5 Å². The molecule has 2 atom stereocenters. The van der Waals surface area contributed by atoms with E-state index in [1.165, 1.54) is 0 Å². The third kappa shape index (κ3) is 6.97. The number of aliphatic hydroxyl groups excluding tert-OH is 4. The van der Waals surface area contributed by atoms with Gasteiger partial charge in [0.25, 0.3) is 11.8 Å². The molecule has 0 saturated carbocycles. The summed E-state index contributed by atoms with van der Waals surface area (Å²) in [4.78, 5) is 38.3. The minimum atomic E-state index is -1.30. The molecule has 0 aliphatic rings. The fraction of sp³-hybridized carbons (Fsp3) is 0.438. The van der Waals surface area contributed by atoms with Gasteiger partial charge in [0, 0.05) is 16.7 Å². The first kappa shape index (κ1) is 28.0. The first-order chi connectivity index (χ1) is 14.0. The van der Waals surface area contributed by atoms with Gasteiger partial charge in [-0.1, -0.05) is 0 Å². The van der Waals surface area contributed by atoms with Crippen molar-refractivity contribution in [3.63, 3.8) is 0 Å². The van der Waals surface area contributed by atoms with Crippen molar-refractivity contribution in [2.45, 2.75) is 12.2 Å². The molecular formula is C16H19ClI3N3O7. The maximum absolute atomic E-state index is 13.3. The Morgan fingerprint density at radius 1 is 0.967 bits per heavy atom. The van der Waals surface area contributed by atoms with E-state index >= 15 is 0 Å². The zero-order valence-corrected chi connectivity index (χ0v) is 22.5. The Balaban J connectivity index is 3.66. The Bertz CT molecular complexity index is 816. The Labute approximate surface area is 217 Å². The topological polar surface area (TPSA) is 173 Å². The van der Waals surface area contributed by atoms with Crippen LogP contribution in [0.5, 0.6) is 0 Å². The van der Waals surface area contributed by atoms with Gasteiger partial charge < -0.3 is 36.4 Å². The SMILES string of the molecule is NC(=O)c1c(I)c(NC(=O)CCl)c(I)c(C(=O)N(CC(O)CO)CC(O)CO)c1I. The molecule has 0 radical (unpaired) electrons. The quantitative estimate of drug-likeness (QED) is 0.143. The molecule has 3 amide bonds. The van der Waals surface area contributed by atoms with Gasteiger partial charge in [-0.3, -0.25) is 14.4 Å². The lowest BCUT2D eigenvalue weighted by atomic mass is 10.1. The van der Waals surface area contributed by atoms with Crippen LogP contribution in [0.1, 0.15) is 20.7 Å². The summed E-state index contributed by atoms with van der Waals surface area (Å²) in [6.45, 7) is -1.97. The highest BCUT2D eigenvalue weighted by Gasteiger charge is 2.31. The maximum Gasteiger partial charge on any atom is 0.256 e. The molecule has 168 valence electrons. The molecule has 30 heavy (non-hydrogen) atoms. The van der Waals surface area contributed by atoms with Crippen molar-refractivity contribution >= 4 is 103 Å². The van der Waals surface area contributed by atoms with Gasteiger partial charge in [-0.2, -0.15) is 0 Å². The first-order valence-corrected chi connectivity index (χ1v) is 12.0. The summed E-state index contributed by atoms with van der Waals surface area (Å²) in [7, 11) is 0. The Kier molecular flexibility index (Phi) is 12.0. The number of hydrogen-bond donors (Lipinski definition) is 6. The van der Waals surface area contributed by atoms with E-state index in [2.05, 4.69) is 5.32 Å². The molecule has 14 heteroatoms. The Morgan fingerprint density at radius 3 is 1.83 bits per heavy atom. The Hall–Kier alpha value is -0.0500. The number of nitrogens with two attached hydrogens (primary N) is 1. The average molecular weight is 782 g/mol. The van der Waals surface area contributed by atoms with Crippen LogP contribution in [0.25, 0.3) is 0 Å². The van der Waals surface area contributed by atoms with E-state index in [0.717, 1.165) is 4.90 Å². The molecule has 2 unspecified atom stereocenters. The molecule has 10 nitrogen and oxygen atoms in total. The van der Waals surface area contributed by atoms with Crippen LogP contribution in [-0.4, -0.2) is 87.4 Å². The molecule has 1 rings (SSSR count). The van der Waals surface area contributed by atoms with E-state index in [0.29, 0.717) is 3.57 Å². The van der Waals surface area contributed by atoms with Gasteiger partial charge in [-0.05, 0) is 67.8 Å². The van der Waals surface area contributed by atoms with Crippen molar-refractivity contribution in [1.82, 2.24) is 4.90 Å². The molecule has 0 aliphatic carbocycles. The molecule has 0 aliphatic heterocycles. The van der Waals surface area contributed by atoms with Gasteiger partial charge in [-0.15, -0.1) is 11.6 Å². The number of primary amides is 1. The third-order valence-corrected chi connectivity index (χ3v) is 7.21. The number of carbonyl (C=O) groups is 3.